The molecule has 0 aromatic heterocycles. The van der Waals surface area contributed by atoms with E-state index in [9.17, 15) is 9.59 Å². The van der Waals surface area contributed by atoms with Crippen molar-refractivity contribution >= 4 is 12.0 Å². The van der Waals surface area contributed by atoms with Crippen molar-refractivity contribution in [3.8, 4) is 0 Å². The number of benzene rings is 1. The van der Waals surface area contributed by atoms with E-state index in [1.165, 1.54) is 5.56 Å². The van der Waals surface area contributed by atoms with Gasteiger partial charge in [-0.1, -0.05) is 36.4 Å². The van der Waals surface area contributed by atoms with Gasteiger partial charge in [-0.15, -0.1) is 0 Å². The third-order valence-corrected chi connectivity index (χ3v) is 4.98. The van der Waals surface area contributed by atoms with Crippen molar-refractivity contribution < 1.29 is 14.3 Å². The molecule has 1 aromatic rings. The highest BCUT2D eigenvalue weighted by Crippen LogP contribution is 2.30. The summed E-state index contributed by atoms with van der Waals surface area (Å²) in [7, 11) is 0. The first kappa shape index (κ1) is 19.5. The molecule has 3 rings (SSSR count). The summed E-state index contributed by atoms with van der Waals surface area (Å²) in [5.41, 5.74) is 1.26. The van der Waals surface area contributed by atoms with Gasteiger partial charge in [-0.3, -0.25) is 9.69 Å². The maximum Gasteiger partial charge on any atom is 0.415 e. The Bertz CT molecular complexity index is 706. The van der Waals surface area contributed by atoms with Gasteiger partial charge >= 0.3 is 6.09 Å². The lowest BCUT2D eigenvalue weighted by atomic mass is 9.98. The minimum absolute atomic E-state index is 0.0201. The Morgan fingerprint density at radius 1 is 1.19 bits per heavy atom. The van der Waals surface area contributed by atoms with E-state index in [2.05, 4.69) is 24.3 Å². The summed E-state index contributed by atoms with van der Waals surface area (Å²) in [4.78, 5) is 29.0. The van der Waals surface area contributed by atoms with Gasteiger partial charge in [-0.05, 0) is 58.4 Å². The molecule has 0 N–H and O–H groups in total. The molecule has 1 atom stereocenters. The zero-order chi connectivity index (χ0) is 19.4. The fourth-order valence-corrected chi connectivity index (χ4v) is 3.73. The molecule has 1 fully saturated rings. The third-order valence-electron chi connectivity index (χ3n) is 4.98. The molecule has 0 spiro atoms. The maximum absolute atomic E-state index is 12.9. The molecule has 1 saturated heterocycles. The monoisotopic (exact) mass is 370 g/mol. The topological polar surface area (TPSA) is 49.9 Å². The molecule has 2 amide bonds. The molecular formula is C22H30N2O3. The first-order chi connectivity index (χ1) is 12.8. The lowest BCUT2D eigenvalue weighted by molar-refractivity contribution is -0.134. The molecule has 146 valence electrons. The Hall–Kier alpha value is -2.30. The Kier molecular flexibility index (Phi) is 5.88. The zero-order valence-corrected chi connectivity index (χ0v) is 16.6. The second-order valence-corrected chi connectivity index (χ2v) is 8.36. The lowest BCUT2D eigenvalue weighted by Gasteiger charge is -2.44. The number of hydrogen-bond acceptors (Lipinski definition) is 3. The quantitative estimate of drug-likeness (QED) is 0.732. The minimum Gasteiger partial charge on any atom is -0.443 e. The van der Waals surface area contributed by atoms with Crippen LogP contribution in [0.5, 0.6) is 0 Å². The van der Waals surface area contributed by atoms with E-state index in [4.69, 9.17) is 4.74 Å². The van der Waals surface area contributed by atoms with Gasteiger partial charge < -0.3 is 9.64 Å². The molecule has 0 aliphatic carbocycles. The molecule has 0 saturated carbocycles. The fourth-order valence-electron chi connectivity index (χ4n) is 3.73. The van der Waals surface area contributed by atoms with Crippen LogP contribution in [0.2, 0.25) is 0 Å². The van der Waals surface area contributed by atoms with Crippen LogP contribution in [0.4, 0.5) is 4.79 Å². The summed E-state index contributed by atoms with van der Waals surface area (Å²) in [6.45, 7) is 6.88. The lowest BCUT2D eigenvalue weighted by Crippen LogP contribution is -2.58. The van der Waals surface area contributed by atoms with Gasteiger partial charge in [-0.2, -0.15) is 0 Å². The van der Waals surface area contributed by atoms with Crippen LogP contribution < -0.4 is 0 Å². The molecule has 2 aliphatic heterocycles. The number of aryl methyl sites for hydroxylation is 1. The molecule has 2 aliphatic rings. The second-order valence-electron chi connectivity index (χ2n) is 8.36. The molecule has 5 heteroatoms. The van der Waals surface area contributed by atoms with E-state index >= 15 is 0 Å². The van der Waals surface area contributed by atoms with Crippen molar-refractivity contribution in [3.63, 3.8) is 0 Å². The van der Waals surface area contributed by atoms with Crippen molar-refractivity contribution in [1.82, 2.24) is 9.80 Å². The SMILES string of the molecule is CC(C)(C)OC(=O)N1C2=CCCC1CN(CCCCc1ccccc1)C2=O. The van der Waals surface area contributed by atoms with E-state index in [0.29, 0.717) is 12.2 Å². The first-order valence-corrected chi connectivity index (χ1v) is 9.91. The fraction of sp³-hybridized carbons (Fsp3) is 0.545. The van der Waals surface area contributed by atoms with Gasteiger partial charge in [0.15, 0.2) is 0 Å². The van der Waals surface area contributed by atoms with Crippen LogP contribution in [0.1, 0.15) is 52.0 Å². The van der Waals surface area contributed by atoms with Crippen LogP contribution >= 0.6 is 0 Å². The van der Waals surface area contributed by atoms with Crippen LogP contribution in [0.25, 0.3) is 0 Å². The van der Waals surface area contributed by atoms with E-state index in [1.807, 2.05) is 37.8 Å². The first-order valence-electron chi connectivity index (χ1n) is 9.91. The predicted molar refractivity (Wildman–Crippen MR) is 105 cm³/mol. The van der Waals surface area contributed by atoms with Crippen LogP contribution in [0, 0.1) is 0 Å². The number of hydrogen-bond donors (Lipinski definition) is 0. The van der Waals surface area contributed by atoms with Gasteiger partial charge in [0.1, 0.15) is 11.3 Å². The normalized spacial score (nSPS) is 19.7. The number of ether oxygens (including phenoxy) is 1. The standard InChI is InChI=1S/C22H30N2O3/c1-22(2,3)27-21(26)24-18-13-9-14-19(24)20(25)23(16-18)15-8-7-12-17-10-5-4-6-11-17/h4-6,10-11,14,18H,7-9,12-13,15-16H2,1-3H3. The van der Waals surface area contributed by atoms with Gasteiger partial charge in [0.05, 0.1) is 6.04 Å². The van der Waals surface area contributed by atoms with E-state index in [0.717, 1.165) is 38.6 Å². The highest BCUT2D eigenvalue weighted by Gasteiger charge is 2.42. The average Bonchev–Trinajstić information content (AvgIpc) is 2.62. The minimum atomic E-state index is -0.566. The van der Waals surface area contributed by atoms with E-state index < -0.39 is 11.7 Å². The van der Waals surface area contributed by atoms with Crippen molar-refractivity contribution in [2.24, 2.45) is 0 Å². The van der Waals surface area contributed by atoms with Gasteiger partial charge in [0.2, 0.25) is 0 Å². The number of carbonyl (C=O) groups excluding carboxylic acids is 2. The van der Waals surface area contributed by atoms with Crippen LogP contribution in [-0.2, 0) is 16.0 Å². The highest BCUT2D eigenvalue weighted by molar-refractivity contribution is 5.97. The van der Waals surface area contributed by atoms with Gasteiger partial charge in [0, 0.05) is 13.1 Å². The average molecular weight is 370 g/mol. The Morgan fingerprint density at radius 3 is 2.63 bits per heavy atom. The number of nitrogens with zero attached hydrogens (tertiary/aromatic N) is 2. The molecule has 27 heavy (non-hydrogen) atoms. The Labute approximate surface area is 162 Å². The van der Waals surface area contributed by atoms with Crippen molar-refractivity contribution in [3.05, 3.63) is 47.7 Å². The highest BCUT2D eigenvalue weighted by atomic mass is 16.6. The Morgan fingerprint density at radius 2 is 1.93 bits per heavy atom. The summed E-state index contributed by atoms with van der Waals surface area (Å²) in [5.74, 6) is -0.0449. The predicted octanol–water partition coefficient (Wildman–Crippen LogP) is 4.13. The Balaban J connectivity index is 1.57. The number of piperazine rings is 1. The second kappa shape index (κ2) is 8.15. The largest absolute Gasteiger partial charge is 0.443 e. The summed E-state index contributed by atoms with van der Waals surface area (Å²) in [6.07, 6.45) is 6.23. The van der Waals surface area contributed by atoms with Crippen molar-refractivity contribution in [2.75, 3.05) is 13.1 Å². The smallest absolute Gasteiger partial charge is 0.415 e. The van der Waals surface area contributed by atoms with Crippen LogP contribution in [0.3, 0.4) is 0 Å². The van der Waals surface area contributed by atoms with Gasteiger partial charge in [-0.25, -0.2) is 4.79 Å². The molecule has 5 nitrogen and oxygen atoms in total. The molecule has 2 bridgehead atoms. The summed E-state index contributed by atoms with van der Waals surface area (Å²) >= 11 is 0. The third kappa shape index (κ3) is 4.90. The summed E-state index contributed by atoms with van der Waals surface area (Å²) in [5, 5.41) is 0. The number of carbonyl (C=O) groups is 2. The zero-order valence-electron chi connectivity index (χ0n) is 16.6. The molecule has 0 radical (unpaired) electrons. The summed E-state index contributed by atoms with van der Waals surface area (Å²) < 4.78 is 5.52. The maximum atomic E-state index is 12.9. The number of fused-ring (bicyclic) bond motifs is 2. The molecule has 2 heterocycles. The molecule has 1 unspecified atom stereocenters. The number of amides is 2. The summed E-state index contributed by atoms with van der Waals surface area (Å²) in [6, 6.07) is 10.4. The van der Waals surface area contributed by atoms with Crippen molar-refractivity contribution in [1.29, 1.82) is 0 Å². The number of rotatable bonds is 5. The van der Waals surface area contributed by atoms with Crippen molar-refractivity contribution in [2.45, 2.75) is 64.5 Å². The molecule has 1 aromatic carbocycles. The van der Waals surface area contributed by atoms with E-state index in [-0.39, 0.29) is 11.9 Å². The molecular weight excluding hydrogens is 340 g/mol. The van der Waals surface area contributed by atoms with E-state index in [1.54, 1.807) is 4.90 Å². The van der Waals surface area contributed by atoms with Gasteiger partial charge in [0.25, 0.3) is 5.91 Å². The van der Waals surface area contributed by atoms with Crippen LogP contribution in [-0.4, -0.2) is 46.5 Å². The van der Waals surface area contributed by atoms with Crippen LogP contribution in [0.15, 0.2) is 42.1 Å². The number of allylic oxidation sites excluding steroid dienone is 1. The number of unbranched alkanes of at least 4 members (excludes halogenated alkanes) is 1.